The molecule has 0 saturated carbocycles. The molecule has 3 N–H and O–H groups in total. The lowest BCUT2D eigenvalue weighted by Crippen LogP contribution is -2.18. The number of nitrogens with zero attached hydrogens (tertiary/aromatic N) is 1. The van der Waals surface area contributed by atoms with Crippen LogP contribution in [-0.4, -0.2) is 18.1 Å². The Hall–Kier alpha value is -0.930. The summed E-state index contributed by atoms with van der Waals surface area (Å²) in [5.74, 6) is 0. The van der Waals surface area contributed by atoms with Gasteiger partial charge in [-0.3, -0.25) is 4.98 Å². The van der Waals surface area contributed by atoms with Crippen LogP contribution in [0.25, 0.3) is 0 Å². The Morgan fingerprint density at radius 1 is 1.36 bits per heavy atom. The minimum Gasteiger partial charge on any atom is -0.330 e. The van der Waals surface area contributed by atoms with E-state index in [2.05, 4.69) is 16.4 Å². The number of hydrogen-bond donors (Lipinski definition) is 2. The monoisotopic (exact) mass is 193 g/mol. The van der Waals surface area contributed by atoms with Crippen molar-refractivity contribution in [2.75, 3.05) is 13.1 Å². The summed E-state index contributed by atoms with van der Waals surface area (Å²) in [4.78, 5) is 4.41. The highest BCUT2D eigenvalue weighted by molar-refractivity contribution is 5.21. The first-order valence-corrected chi connectivity index (χ1v) is 5.08. The molecule has 0 aromatic carbocycles. The van der Waals surface area contributed by atoms with Crippen molar-refractivity contribution in [3.8, 4) is 0 Å². The van der Waals surface area contributed by atoms with Gasteiger partial charge in [-0.2, -0.15) is 0 Å². The molecule has 3 heteroatoms. The quantitative estimate of drug-likeness (QED) is 0.689. The summed E-state index contributed by atoms with van der Waals surface area (Å²) in [6.07, 6.45) is 1.03. The molecular weight excluding hydrogens is 174 g/mol. The molecule has 1 heterocycles. The molecule has 1 aromatic heterocycles. The van der Waals surface area contributed by atoms with Crippen LogP contribution in [0.4, 0.5) is 0 Å². The summed E-state index contributed by atoms with van der Waals surface area (Å²) in [5.41, 5.74) is 8.87. The standard InChI is InChI=1S/C11H19N3/c1-9-4-5-11(10(2)14-9)8-13-7-3-6-12/h4-5,13H,3,6-8,12H2,1-2H3. The molecule has 0 unspecified atom stereocenters. The molecule has 3 nitrogen and oxygen atoms in total. The van der Waals surface area contributed by atoms with Crippen LogP contribution in [0.15, 0.2) is 12.1 Å². The van der Waals surface area contributed by atoms with Crippen molar-refractivity contribution < 1.29 is 0 Å². The molecule has 0 atom stereocenters. The van der Waals surface area contributed by atoms with Crippen molar-refractivity contribution >= 4 is 0 Å². The van der Waals surface area contributed by atoms with Gasteiger partial charge in [-0.1, -0.05) is 6.07 Å². The fraction of sp³-hybridized carbons (Fsp3) is 0.545. The Balaban J connectivity index is 2.42. The molecule has 0 saturated heterocycles. The highest BCUT2D eigenvalue weighted by atomic mass is 14.9. The summed E-state index contributed by atoms with van der Waals surface area (Å²) in [7, 11) is 0. The number of rotatable bonds is 5. The number of nitrogens with two attached hydrogens (primary N) is 1. The Kier molecular flexibility index (Phi) is 4.56. The van der Waals surface area contributed by atoms with E-state index in [0.29, 0.717) is 0 Å². The van der Waals surface area contributed by atoms with E-state index in [0.717, 1.165) is 37.4 Å². The van der Waals surface area contributed by atoms with E-state index in [-0.39, 0.29) is 0 Å². The molecule has 0 aliphatic carbocycles. The van der Waals surface area contributed by atoms with Gasteiger partial charge in [-0.15, -0.1) is 0 Å². The zero-order valence-corrected chi connectivity index (χ0v) is 9.01. The third-order valence-corrected chi connectivity index (χ3v) is 2.21. The third-order valence-electron chi connectivity index (χ3n) is 2.21. The molecular formula is C11H19N3. The van der Waals surface area contributed by atoms with Crippen LogP contribution >= 0.6 is 0 Å². The summed E-state index contributed by atoms with van der Waals surface area (Å²) in [6, 6.07) is 4.18. The molecule has 14 heavy (non-hydrogen) atoms. The van der Waals surface area contributed by atoms with Crippen molar-refractivity contribution in [3.05, 3.63) is 29.1 Å². The Morgan fingerprint density at radius 3 is 2.79 bits per heavy atom. The second-order valence-corrected chi connectivity index (χ2v) is 3.52. The molecule has 0 spiro atoms. The summed E-state index contributed by atoms with van der Waals surface area (Å²) in [6.45, 7) is 6.67. The maximum atomic E-state index is 5.41. The van der Waals surface area contributed by atoms with Gasteiger partial charge in [0.1, 0.15) is 0 Å². The van der Waals surface area contributed by atoms with Gasteiger partial charge in [0.05, 0.1) is 0 Å². The SMILES string of the molecule is Cc1ccc(CNCCCN)c(C)n1. The van der Waals surface area contributed by atoms with E-state index in [1.165, 1.54) is 5.56 Å². The first-order valence-electron chi connectivity index (χ1n) is 5.08. The summed E-state index contributed by atoms with van der Waals surface area (Å²) in [5, 5.41) is 3.34. The average molecular weight is 193 g/mol. The van der Waals surface area contributed by atoms with Crippen LogP contribution in [0.1, 0.15) is 23.4 Å². The fourth-order valence-corrected chi connectivity index (χ4v) is 1.35. The van der Waals surface area contributed by atoms with E-state index in [9.17, 15) is 0 Å². The van der Waals surface area contributed by atoms with Crippen molar-refractivity contribution in [2.24, 2.45) is 5.73 Å². The zero-order chi connectivity index (χ0) is 10.4. The number of pyridine rings is 1. The fourth-order valence-electron chi connectivity index (χ4n) is 1.35. The molecule has 1 rings (SSSR count). The van der Waals surface area contributed by atoms with E-state index < -0.39 is 0 Å². The van der Waals surface area contributed by atoms with Gasteiger partial charge in [-0.25, -0.2) is 0 Å². The maximum absolute atomic E-state index is 5.41. The van der Waals surface area contributed by atoms with Gasteiger partial charge in [0.25, 0.3) is 0 Å². The van der Waals surface area contributed by atoms with Crippen LogP contribution in [0, 0.1) is 13.8 Å². The lowest BCUT2D eigenvalue weighted by molar-refractivity contribution is 0.651. The third kappa shape index (κ3) is 3.44. The van der Waals surface area contributed by atoms with Crippen LogP contribution in [0.2, 0.25) is 0 Å². The minimum absolute atomic E-state index is 0.748. The zero-order valence-electron chi connectivity index (χ0n) is 9.01. The summed E-state index contributed by atoms with van der Waals surface area (Å²) >= 11 is 0. The Labute approximate surface area is 85.7 Å². The van der Waals surface area contributed by atoms with Gasteiger partial charge < -0.3 is 11.1 Å². The lowest BCUT2D eigenvalue weighted by atomic mass is 10.2. The van der Waals surface area contributed by atoms with Gasteiger partial charge in [0.2, 0.25) is 0 Å². The molecule has 0 aliphatic rings. The number of aryl methyl sites for hydroxylation is 2. The Bertz CT molecular complexity index is 284. The first kappa shape index (κ1) is 11.1. The molecule has 78 valence electrons. The van der Waals surface area contributed by atoms with Crippen LogP contribution in [-0.2, 0) is 6.54 Å². The summed E-state index contributed by atoms with van der Waals surface area (Å²) < 4.78 is 0. The number of nitrogens with one attached hydrogen (secondary N) is 1. The average Bonchev–Trinajstić information content (AvgIpc) is 2.15. The minimum atomic E-state index is 0.748. The van der Waals surface area contributed by atoms with Gasteiger partial charge in [0, 0.05) is 17.9 Å². The van der Waals surface area contributed by atoms with Crippen LogP contribution in [0.3, 0.4) is 0 Å². The second kappa shape index (κ2) is 5.73. The molecule has 0 fully saturated rings. The Morgan fingerprint density at radius 2 is 2.14 bits per heavy atom. The van der Waals surface area contributed by atoms with E-state index in [1.807, 2.05) is 19.9 Å². The largest absolute Gasteiger partial charge is 0.330 e. The molecule has 0 aliphatic heterocycles. The lowest BCUT2D eigenvalue weighted by Gasteiger charge is -2.07. The van der Waals surface area contributed by atoms with Crippen molar-refractivity contribution in [2.45, 2.75) is 26.8 Å². The van der Waals surface area contributed by atoms with Crippen molar-refractivity contribution in [3.63, 3.8) is 0 Å². The number of aromatic nitrogens is 1. The topological polar surface area (TPSA) is 50.9 Å². The predicted octanol–water partition coefficient (Wildman–Crippen LogP) is 1.14. The van der Waals surface area contributed by atoms with Crippen LogP contribution < -0.4 is 11.1 Å². The van der Waals surface area contributed by atoms with Gasteiger partial charge in [0.15, 0.2) is 0 Å². The highest BCUT2D eigenvalue weighted by Crippen LogP contribution is 2.05. The first-order chi connectivity index (χ1) is 6.74. The second-order valence-electron chi connectivity index (χ2n) is 3.52. The van der Waals surface area contributed by atoms with Gasteiger partial charge in [-0.05, 0) is 45.0 Å². The molecule has 0 amide bonds. The molecule has 1 aromatic rings. The molecule has 0 bridgehead atoms. The smallest absolute Gasteiger partial charge is 0.0420 e. The predicted molar refractivity (Wildman–Crippen MR) is 59.1 cm³/mol. The van der Waals surface area contributed by atoms with Crippen molar-refractivity contribution in [1.29, 1.82) is 0 Å². The van der Waals surface area contributed by atoms with E-state index >= 15 is 0 Å². The number of hydrogen-bond acceptors (Lipinski definition) is 3. The van der Waals surface area contributed by atoms with E-state index in [4.69, 9.17) is 5.73 Å². The van der Waals surface area contributed by atoms with Crippen molar-refractivity contribution in [1.82, 2.24) is 10.3 Å². The van der Waals surface area contributed by atoms with Gasteiger partial charge >= 0.3 is 0 Å². The molecule has 0 radical (unpaired) electrons. The van der Waals surface area contributed by atoms with Crippen LogP contribution in [0.5, 0.6) is 0 Å². The van der Waals surface area contributed by atoms with E-state index in [1.54, 1.807) is 0 Å². The normalized spacial score (nSPS) is 10.5. The maximum Gasteiger partial charge on any atom is 0.0420 e. The highest BCUT2D eigenvalue weighted by Gasteiger charge is 1.98.